The van der Waals surface area contributed by atoms with E-state index < -0.39 is 5.92 Å². The molecule has 3 rings (SSSR count). The summed E-state index contributed by atoms with van der Waals surface area (Å²) in [5.74, 6) is -0.369. The number of hydrogen-bond donors (Lipinski definition) is 0. The number of rotatable bonds is 20. The summed E-state index contributed by atoms with van der Waals surface area (Å²) in [5, 5.41) is 0. The zero-order chi connectivity index (χ0) is 31.0. The number of hydrogen-bond acceptors (Lipinski definition) is 10. The van der Waals surface area contributed by atoms with Gasteiger partial charge in [0.2, 0.25) is 11.6 Å². The number of Topliss-reactive ketones (excluding diaryl/α,β-unsaturated/α-hetero) is 1. The zero-order valence-corrected chi connectivity index (χ0v) is 25.9. The zero-order valence-electron chi connectivity index (χ0n) is 25.9. The fourth-order valence-electron chi connectivity index (χ4n) is 4.60. The van der Waals surface area contributed by atoms with E-state index in [-0.39, 0.29) is 60.2 Å². The Hall–Kier alpha value is -3.70. The van der Waals surface area contributed by atoms with Crippen LogP contribution in [0.5, 0.6) is 23.3 Å². The second-order valence-electron chi connectivity index (χ2n) is 10.1. The molecular weight excluding hydrogens is 554 g/mol. The number of aromatic nitrogens is 1. The molecule has 0 N–H and O–H groups in total. The van der Waals surface area contributed by atoms with Gasteiger partial charge in [0.15, 0.2) is 25.1 Å². The summed E-state index contributed by atoms with van der Waals surface area (Å²) in [6, 6.07) is 19.9. The number of pyridine rings is 1. The molecule has 1 aromatic heterocycles. The highest BCUT2D eigenvalue weighted by Crippen LogP contribution is 2.44. The molecule has 2 aromatic carbocycles. The van der Waals surface area contributed by atoms with Crippen molar-refractivity contribution < 1.29 is 42.7 Å². The van der Waals surface area contributed by atoms with Gasteiger partial charge in [0.05, 0.1) is 40.1 Å². The van der Waals surface area contributed by atoms with E-state index in [0.29, 0.717) is 26.2 Å². The number of carbonyl (C=O) groups is 1. The standard InChI is InChI=1S/C33H43NO9/c1-23(27(41-19-26-15-11-8-12-16-26)20-40-18-25-13-9-7-10-14-25)17-24(2)29(35)28-30(42-21-36-3)31(38-5)33(39-6)34-32(28)43-22-37-4/h7-16,23-24,27H,17-22H2,1-6H3/t23-,24-,27+/m0/s1. The molecule has 1 heterocycles. The van der Waals surface area contributed by atoms with Gasteiger partial charge in [-0.15, -0.1) is 0 Å². The summed E-state index contributed by atoms with van der Waals surface area (Å²) in [6.45, 7) is 4.91. The first-order valence-electron chi connectivity index (χ1n) is 14.1. The summed E-state index contributed by atoms with van der Waals surface area (Å²) in [7, 11) is 5.84. The van der Waals surface area contributed by atoms with Gasteiger partial charge in [-0.1, -0.05) is 74.5 Å². The van der Waals surface area contributed by atoms with Crippen LogP contribution in [0.25, 0.3) is 0 Å². The van der Waals surface area contributed by atoms with Crippen LogP contribution >= 0.6 is 0 Å². The molecule has 0 fully saturated rings. The predicted octanol–water partition coefficient (Wildman–Crippen LogP) is 5.71. The van der Waals surface area contributed by atoms with Crippen LogP contribution in [0.1, 0.15) is 41.8 Å². The molecule has 0 bridgehead atoms. The maximum atomic E-state index is 14.1. The van der Waals surface area contributed by atoms with Gasteiger partial charge in [-0.25, -0.2) is 0 Å². The van der Waals surface area contributed by atoms with Gasteiger partial charge in [0, 0.05) is 20.1 Å². The Labute approximate surface area is 254 Å². The third-order valence-corrected chi connectivity index (χ3v) is 6.83. The van der Waals surface area contributed by atoms with Crippen LogP contribution in [-0.2, 0) is 32.2 Å². The quantitative estimate of drug-likeness (QED) is 0.119. The van der Waals surface area contributed by atoms with Crippen LogP contribution in [-0.4, -0.2) is 65.5 Å². The molecule has 10 nitrogen and oxygen atoms in total. The average Bonchev–Trinajstić information content (AvgIpc) is 3.04. The summed E-state index contributed by atoms with van der Waals surface area (Å²) >= 11 is 0. The first-order valence-corrected chi connectivity index (χ1v) is 14.1. The molecule has 0 radical (unpaired) electrons. The van der Waals surface area contributed by atoms with Gasteiger partial charge in [-0.2, -0.15) is 4.98 Å². The van der Waals surface area contributed by atoms with E-state index in [2.05, 4.69) is 11.9 Å². The van der Waals surface area contributed by atoms with E-state index in [4.69, 9.17) is 37.9 Å². The number of ether oxygens (including phenoxy) is 8. The number of benzene rings is 2. The predicted molar refractivity (Wildman–Crippen MR) is 161 cm³/mol. The van der Waals surface area contributed by atoms with Crippen molar-refractivity contribution in [1.82, 2.24) is 4.98 Å². The van der Waals surface area contributed by atoms with Crippen molar-refractivity contribution in [2.45, 2.75) is 39.6 Å². The lowest BCUT2D eigenvalue weighted by molar-refractivity contribution is -0.0582. The van der Waals surface area contributed by atoms with Crippen molar-refractivity contribution >= 4 is 5.78 Å². The summed E-state index contributed by atoms with van der Waals surface area (Å²) in [4.78, 5) is 18.4. The Balaban J connectivity index is 1.83. The normalized spacial score (nSPS) is 13.2. The van der Waals surface area contributed by atoms with Crippen molar-refractivity contribution in [2.75, 3.05) is 48.6 Å². The van der Waals surface area contributed by atoms with Crippen LogP contribution in [0.2, 0.25) is 0 Å². The molecule has 3 aromatic rings. The lowest BCUT2D eigenvalue weighted by atomic mass is 9.87. The molecule has 0 spiro atoms. The SMILES string of the molecule is COCOc1nc(OC)c(OC)c(OCOC)c1C(=O)[C@@H](C)C[C@H](C)[C@@H](COCc1ccccc1)OCc1ccccc1. The lowest BCUT2D eigenvalue weighted by Gasteiger charge is -2.27. The smallest absolute Gasteiger partial charge is 0.264 e. The van der Waals surface area contributed by atoms with Crippen LogP contribution in [0, 0.1) is 11.8 Å². The van der Waals surface area contributed by atoms with Crippen molar-refractivity contribution in [2.24, 2.45) is 11.8 Å². The maximum Gasteiger partial charge on any atom is 0.264 e. The minimum Gasteiger partial charge on any atom is -0.489 e. The van der Waals surface area contributed by atoms with Crippen LogP contribution in [0.3, 0.4) is 0 Å². The van der Waals surface area contributed by atoms with E-state index in [1.54, 1.807) is 0 Å². The molecule has 0 saturated carbocycles. The fourth-order valence-corrected chi connectivity index (χ4v) is 4.60. The van der Waals surface area contributed by atoms with Crippen molar-refractivity contribution in [1.29, 1.82) is 0 Å². The van der Waals surface area contributed by atoms with Crippen molar-refractivity contribution in [3.8, 4) is 23.3 Å². The number of ketones is 1. The van der Waals surface area contributed by atoms with Crippen molar-refractivity contribution in [3.05, 3.63) is 77.4 Å². The molecule has 0 aliphatic rings. The Morgan fingerprint density at radius 1 is 0.744 bits per heavy atom. The van der Waals surface area contributed by atoms with Gasteiger partial charge in [-0.05, 0) is 23.5 Å². The third-order valence-electron chi connectivity index (χ3n) is 6.83. The largest absolute Gasteiger partial charge is 0.489 e. The first-order chi connectivity index (χ1) is 20.9. The van der Waals surface area contributed by atoms with Crippen LogP contribution in [0.4, 0.5) is 0 Å². The summed E-state index contributed by atoms with van der Waals surface area (Å²) in [6.07, 6.45) is 0.227. The van der Waals surface area contributed by atoms with Gasteiger partial charge < -0.3 is 37.9 Å². The Morgan fingerprint density at radius 3 is 1.93 bits per heavy atom. The molecule has 10 heteroatoms. The molecule has 0 aliphatic carbocycles. The average molecular weight is 598 g/mol. The fraction of sp³-hybridized carbons (Fsp3) is 0.455. The first kappa shape index (κ1) is 33.8. The molecular formula is C33H43NO9. The molecule has 0 unspecified atom stereocenters. The van der Waals surface area contributed by atoms with Gasteiger partial charge in [-0.3, -0.25) is 4.79 Å². The molecule has 0 saturated heterocycles. The molecule has 234 valence electrons. The minimum atomic E-state index is -0.471. The molecule has 0 aliphatic heterocycles. The van der Waals surface area contributed by atoms with E-state index in [1.807, 2.05) is 67.6 Å². The second kappa shape index (κ2) is 18.1. The highest BCUT2D eigenvalue weighted by Gasteiger charge is 2.33. The van der Waals surface area contributed by atoms with Crippen LogP contribution in [0.15, 0.2) is 60.7 Å². The number of nitrogens with zero attached hydrogens (tertiary/aromatic N) is 1. The highest BCUT2D eigenvalue weighted by molar-refractivity contribution is 6.03. The van der Waals surface area contributed by atoms with Crippen molar-refractivity contribution in [3.63, 3.8) is 0 Å². The topological polar surface area (TPSA) is 104 Å². The van der Waals surface area contributed by atoms with Gasteiger partial charge in [0.25, 0.3) is 5.88 Å². The summed E-state index contributed by atoms with van der Waals surface area (Å²) in [5.41, 5.74) is 2.25. The third kappa shape index (κ3) is 9.93. The van der Waals surface area contributed by atoms with E-state index in [9.17, 15) is 4.79 Å². The second-order valence-corrected chi connectivity index (χ2v) is 10.1. The monoisotopic (exact) mass is 597 g/mol. The Bertz CT molecular complexity index is 1240. The summed E-state index contributed by atoms with van der Waals surface area (Å²) < 4.78 is 45.1. The highest BCUT2D eigenvalue weighted by atomic mass is 16.7. The van der Waals surface area contributed by atoms with E-state index >= 15 is 0 Å². The molecule has 0 amide bonds. The maximum absolute atomic E-state index is 14.1. The Kier molecular flexibility index (Phi) is 14.2. The van der Waals surface area contributed by atoms with E-state index in [1.165, 1.54) is 28.4 Å². The number of carbonyl (C=O) groups excluding carboxylic acids is 1. The van der Waals surface area contributed by atoms with Crippen LogP contribution < -0.4 is 18.9 Å². The number of methoxy groups -OCH3 is 4. The van der Waals surface area contributed by atoms with Gasteiger partial charge in [0.1, 0.15) is 5.56 Å². The lowest BCUT2D eigenvalue weighted by Crippen LogP contribution is -2.30. The van der Waals surface area contributed by atoms with E-state index in [0.717, 1.165) is 11.1 Å². The molecule has 43 heavy (non-hydrogen) atoms. The molecule has 3 atom stereocenters. The Morgan fingerprint density at radius 2 is 1.35 bits per heavy atom. The minimum absolute atomic E-state index is 0.0122. The van der Waals surface area contributed by atoms with Gasteiger partial charge >= 0.3 is 0 Å².